The lowest BCUT2D eigenvalue weighted by Crippen LogP contribution is -2.87. The molecule has 0 bridgehead atoms. The zero-order valence-corrected chi connectivity index (χ0v) is 17.2. The van der Waals surface area contributed by atoms with Crippen LogP contribution in [0.15, 0.2) is 34.7 Å². The number of rotatable bonds is 12. The topological polar surface area (TPSA) is 77.8 Å². The quantitative estimate of drug-likeness (QED) is 0.553. The zero-order chi connectivity index (χ0) is 20.4. The molecule has 7 heteroatoms. The van der Waals surface area contributed by atoms with Gasteiger partial charge in [0.15, 0.2) is 18.0 Å². The first-order valence-electron chi connectivity index (χ1n) is 9.42. The molecule has 2 N–H and O–H groups in total. The lowest BCUT2D eigenvalue weighted by molar-refractivity contribution is -0.646. The van der Waals surface area contributed by atoms with Crippen molar-refractivity contribution >= 4 is 5.91 Å². The number of nitrogens with two attached hydrogens (primary N) is 1. The van der Waals surface area contributed by atoms with Crippen LogP contribution in [0, 0.1) is 6.92 Å². The summed E-state index contributed by atoms with van der Waals surface area (Å²) >= 11 is 0. The number of carbonyl (C=O) groups excluding carboxylic acids is 1. The average molecular weight is 391 g/mol. The van der Waals surface area contributed by atoms with Crippen LogP contribution in [0.5, 0.6) is 11.5 Å². The lowest BCUT2D eigenvalue weighted by atomic mass is 10.1. The number of nitrogens with zero attached hydrogens (tertiary/aromatic N) is 1. The highest BCUT2D eigenvalue weighted by atomic mass is 16.5. The van der Waals surface area contributed by atoms with E-state index in [1.54, 1.807) is 21.3 Å². The second-order valence-electron chi connectivity index (χ2n) is 6.54. The van der Waals surface area contributed by atoms with E-state index in [1.165, 1.54) is 0 Å². The van der Waals surface area contributed by atoms with Crippen LogP contribution in [0.2, 0.25) is 0 Å². The molecule has 1 amide bonds. The van der Waals surface area contributed by atoms with Crippen LogP contribution in [0.1, 0.15) is 17.1 Å². The summed E-state index contributed by atoms with van der Waals surface area (Å²) in [5, 5.41) is 1.96. The maximum absolute atomic E-state index is 12.7. The number of benzene rings is 1. The number of methoxy groups -OCH3 is 3. The fraction of sp³-hybridized carbons (Fsp3) is 0.476. The van der Waals surface area contributed by atoms with E-state index < -0.39 is 0 Å². The summed E-state index contributed by atoms with van der Waals surface area (Å²) in [7, 11) is 4.89. The van der Waals surface area contributed by atoms with Crippen molar-refractivity contribution in [2.24, 2.45) is 0 Å². The second-order valence-corrected chi connectivity index (χ2v) is 6.54. The summed E-state index contributed by atoms with van der Waals surface area (Å²) in [4.78, 5) is 14.6. The van der Waals surface area contributed by atoms with Gasteiger partial charge in [-0.1, -0.05) is 6.07 Å². The fourth-order valence-electron chi connectivity index (χ4n) is 2.91. The monoisotopic (exact) mass is 391 g/mol. The van der Waals surface area contributed by atoms with Crippen molar-refractivity contribution in [2.75, 3.05) is 47.6 Å². The minimum atomic E-state index is 0.0747. The zero-order valence-electron chi connectivity index (χ0n) is 17.2. The van der Waals surface area contributed by atoms with Crippen LogP contribution in [0.3, 0.4) is 0 Å². The van der Waals surface area contributed by atoms with Crippen molar-refractivity contribution in [3.8, 4) is 11.5 Å². The maximum atomic E-state index is 12.7. The molecule has 154 valence electrons. The Kier molecular flexibility index (Phi) is 8.84. The molecule has 0 fully saturated rings. The van der Waals surface area contributed by atoms with Crippen LogP contribution in [0.4, 0.5) is 0 Å². The Hall–Kier alpha value is -2.51. The number of ether oxygens (including phenoxy) is 3. The van der Waals surface area contributed by atoms with Crippen LogP contribution in [-0.2, 0) is 22.5 Å². The number of furan rings is 1. The molecule has 0 aliphatic carbocycles. The Labute approximate surface area is 166 Å². The van der Waals surface area contributed by atoms with Crippen molar-refractivity contribution < 1.29 is 28.7 Å². The Morgan fingerprint density at radius 1 is 1.11 bits per heavy atom. The minimum absolute atomic E-state index is 0.0747. The summed E-state index contributed by atoms with van der Waals surface area (Å²) in [6.45, 7) is 4.71. The van der Waals surface area contributed by atoms with Crippen molar-refractivity contribution in [2.45, 2.75) is 19.9 Å². The molecule has 1 heterocycles. The highest BCUT2D eigenvalue weighted by molar-refractivity contribution is 5.77. The maximum Gasteiger partial charge on any atom is 0.278 e. The summed E-state index contributed by atoms with van der Waals surface area (Å²) in [5.41, 5.74) is 1.08. The summed E-state index contributed by atoms with van der Waals surface area (Å²) in [6.07, 6.45) is 0.712. The Morgan fingerprint density at radius 2 is 1.89 bits per heavy atom. The van der Waals surface area contributed by atoms with Crippen molar-refractivity contribution in [1.29, 1.82) is 0 Å². The number of quaternary nitrogens is 1. The van der Waals surface area contributed by atoms with Gasteiger partial charge in [-0.05, 0) is 43.2 Å². The van der Waals surface area contributed by atoms with Crippen LogP contribution >= 0.6 is 0 Å². The van der Waals surface area contributed by atoms with E-state index in [-0.39, 0.29) is 5.91 Å². The molecule has 2 aromatic rings. The van der Waals surface area contributed by atoms with Crippen LogP contribution < -0.4 is 14.8 Å². The van der Waals surface area contributed by atoms with E-state index in [0.29, 0.717) is 44.2 Å². The minimum Gasteiger partial charge on any atom is -0.493 e. The molecule has 0 saturated carbocycles. The van der Waals surface area contributed by atoms with Gasteiger partial charge in [0.1, 0.15) is 11.5 Å². The number of amides is 1. The van der Waals surface area contributed by atoms with E-state index in [1.807, 2.05) is 47.5 Å². The average Bonchev–Trinajstić information content (AvgIpc) is 3.12. The van der Waals surface area contributed by atoms with Gasteiger partial charge in [-0.15, -0.1) is 0 Å². The van der Waals surface area contributed by atoms with E-state index in [9.17, 15) is 4.79 Å². The Balaban J connectivity index is 2.02. The van der Waals surface area contributed by atoms with Gasteiger partial charge >= 0.3 is 0 Å². The predicted molar refractivity (Wildman–Crippen MR) is 106 cm³/mol. The van der Waals surface area contributed by atoms with Gasteiger partial charge in [0.05, 0.1) is 33.9 Å². The molecule has 0 atom stereocenters. The van der Waals surface area contributed by atoms with Crippen molar-refractivity contribution in [3.05, 3.63) is 47.4 Å². The molecule has 7 nitrogen and oxygen atoms in total. The molecule has 2 rings (SSSR count). The first-order valence-corrected chi connectivity index (χ1v) is 9.42. The molecule has 0 aliphatic rings. The third-order valence-corrected chi connectivity index (χ3v) is 4.46. The summed E-state index contributed by atoms with van der Waals surface area (Å²) < 4.78 is 21.4. The van der Waals surface area contributed by atoms with Gasteiger partial charge in [0.2, 0.25) is 0 Å². The van der Waals surface area contributed by atoms with Crippen molar-refractivity contribution in [3.63, 3.8) is 0 Å². The highest BCUT2D eigenvalue weighted by Gasteiger charge is 2.17. The summed E-state index contributed by atoms with van der Waals surface area (Å²) in [5.74, 6) is 3.08. The third kappa shape index (κ3) is 6.58. The molecule has 28 heavy (non-hydrogen) atoms. The fourth-order valence-corrected chi connectivity index (χ4v) is 2.91. The van der Waals surface area contributed by atoms with Gasteiger partial charge < -0.3 is 28.8 Å². The number of aryl methyl sites for hydroxylation is 1. The smallest absolute Gasteiger partial charge is 0.278 e. The van der Waals surface area contributed by atoms with E-state index in [4.69, 9.17) is 18.6 Å². The number of hydrogen-bond acceptors (Lipinski definition) is 5. The third-order valence-electron chi connectivity index (χ3n) is 4.46. The van der Waals surface area contributed by atoms with Crippen molar-refractivity contribution in [1.82, 2.24) is 4.90 Å². The van der Waals surface area contributed by atoms with Gasteiger partial charge in [-0.2, -0.15) is 0 Å². The van der Waals surface area contributed by atoms with Gasteiger partial charge in [-0.25, -0.2) is 0 Å². The first-order chi connectivity index (χ1) is 13.6. The van der Waals surface area contributed by atoms with Gasteiger partial charge in [-0.3, -0.25) is 4.79 Å². The molecule has 1 aromatic heterocycles. The molecule has 0 radical (unpaired) electrons. The van der Waals surface area contributed by atoms with E-state index >= 15 is 0 Å². The molecule has 0 aliphatic heterocycles. The first kappa shape index (κ1) is 21.8. The normalized spacial score (nSPS) is 10.7. The Morgan fingerprint density at radius 3 is 2.54 bits per heavy atom. The van der Waals surface area contributed by atoms with Crippen LogP contribution in [0.25, 0.3) is 0 Å². The number of carbonyl (C=O) groups is 1. The van der Waals surface area contributed by atoms with Gasteiger partial charge in [0, 0.05) is 13.7 Å². The molecule has 0 spiro atoms. The second kappa shape index (κ2) is 11.4. The SMILES string of the molecule is COCC[NH2+]CC(=O)N(CCc1ccc(OC)c(OC)c1)Cc1ccc(C)o1. The predicted octanol–water partition coefficient (Wildman–Crippen LogP) is 1.39. The van der Waals surface area contributed by atoms with Crippen LogP contribution in [-0.4, -0.2) is 58.4 Å². The molecular formula is C21H31N2O5+. The Bertz CT molecular complexity index is 744. The number of hydrogen-bond donors (Lipinski definition) is 1. The van der Waals surface area contributed by atoms with E-state index in [0.717, 1.165) is 23.6 Å². The molecule has 1 aromatic carbocycles. The molecular weight excluding hydrogens is 360 g/mol. The standard InChI is InChI=1S/C21H30N2O5/c1-16-5-7-18(28-16)15-23(21(24)14-22-10-12-25-2)11-9-17-6-8-19(26-3)20(13-17)27-4/h5-8,13,22H,9-12,14-15H2,1-4H3/p+1. The lowest BCUT2D eigenvalue weighted by Gasteiger charge is -2.21. The largest absolute Gasteiger partial charge is 0.493 e. The van der Waals surface area contributed by atoms with Gasteiger partial charge in [0.25, 0.3) is 5.91 Å². The highest BCUT2D eigenvalue weighted by Crippen LogP contribution is 2.27. The summed E-state index contributed by atoms with van der Waals surface area (Å²) in [6, 6.07) is 9.65. The van der Waals surface area contributed by atoms with E-state index in [2.05, 4.69) is 0 Å². The molecule has 0 saturated heterocycles. The molecule has 0 unspecified atom stereocenters.